The largest absolute Gasteiger partial charge is 0.495 e. The van der Waals surface area contributed by atoms with E-state index < -0.39 is 0 Å². The monoisotopic (exact) mass is 430 g/mol. The van der Waals surface area contributed by atoms with Crippen molar-refractivity contribution >= 4 is 23.0 Å². The lowest BCUT2D eigenvalue weighted by molar-refractivity contribution is 0.413. The van der Waals surface area contributed by atoms with Gasteiger partial charge in [0.25, 0.3) is 0 Å². The molecule has 2 atom stereocenters. The predicted molar refractivity (Wildman–Crippen MR) is 123 cm³/mol. The maximum Gasteiger partial charge on any atom is 0.174 e. The van der Waals surface area contributed by atoms with Gasteiger partial charge in [-0.15, -0.1) is 0 Å². The van der Waals surface area contributed by atoms with Gasteiger partial charge in [0.15, 0.2) is 5.11 Å². The molecule has 0 spiro atoms. The van der Waals surface area contributed by atoms with Crippen LogP contribution in [-0.2, 0) is 6.54 Å². The number of benzene rings is 1. The van der Waals surface area contributed by atoms with Crippen LogP contribution in [0.2, 0.25) is 0 Å². The van der Waals surface area contributed by atoms with Crippen LogP contribution in [0, 0.1) is 0 Å². The van der Waals surface area contributed by atoms with Gasteiger partial charge < -0.3 is 23.9 Å². The van der Waals surface area contributed by atoms with Crippen molar-refractivity contribution < 1.29 is 9.15 Å². The van der Waals surface area contributed by atoms with E-state index in [2.05, 4.69) is 38.1 Å². The molecule has 4 aromatic rings. The van der Waals surface area contributed by atoms with E-state index in [1.807, 2.05) is 60.8 Å². The van der Waals surface area contributed by atoms with Gasteiger partial charge in [-0.2, -0.15) is 0 Å². The third-order valence-corrected chi connectivity index (χ3v) is 5.83. The standard InChI is InChI=1S/C24H22N4O2S/c1-29-21-12-3-2-10-19(21)28-23(22(26-24(28)31)18-9-4-5-13-25-18)20-11-6-14-27(20)16-17-8-7-15-30-17/h2-15,22-23H,16H2,1H3,(H,26,31)/t22-,23-/m1/s1. The number of aromatic nitrogens is 2. The SMILES string of the molecule is COc1ccccc1N1C(=S)N[C@H](c2ccccn2)[C@H]1c1cccn1Cc1ccco1. The van der Waals surface area contributed by atoms with Gasteiger partial charge in [-0.1, -0.05) is 18.2 Å². The van der Waals surface area contributed by atoms with E-state index in [-0.39, 0.29) is 12.1 Å². The Morgan fingerprint density at radius 3 is 2.71 bits per heavy atom. The summed E-state index contributed by atoms with van der Waals surface area (Å²) < 4.78 is 13.5. The second-order valence-corrected chi connectivity index (χ2v) is 7.70. The summed E-state index contributed by atoms with van der Waals surface area (Å²) in [6, 6.07) is 21.7. The number of methoxy groups -OCH3 is 1. The molecule has 1 N–H and O–H groups in total. The van der Waals surface area contributed by atoms with Crippen molar-refractivity contribution in [1.82, 2.24) is 14.9 Å². The van der Waals surface area contributed by atoms with Crippen LogP contribution >= 0.6 is 12.2 Å². The van der Waals surface area contributed by atoms with Crippen molar-refractivity contribution in [2.24, 2.45) is 0 Å². The van der Waals surface area contributed by atoms with Crippen LogP contribution in [0.1, 0.15) is 29.2 Å². The number of hydrogen-bond donors (Lipinski definition) is 1. The molecule has 6 nitrogen and oxygen atoms in total. The number of para-hydroxylation sites is 2. The molecule has 3 aromatic heterocycles. The van der Waals surface area contributed by atoms with Crippen LogP contribution < -0.4 is 15.0 Å². The Labute approximate surface area is 186 Å². The lowest BCUT2D eigenvalue weighted by Gasteiger charge is -2.29. The van der Waals surface area contributed by atoms with Crippen molar-refractivity contribution in [2.45, 2.75) is 18.6 Å². The minimum absolute atomic E-state index is 0.121. The summed E-state index contributed by atoms with van der Waals surface area (Å²) in [4.78, 5) is 6.75. The Morgan fingerprint density at radius 1 is 1.06 bits per heavy atom. The molecule has 1 saturated heterocycles. The number of pyridine rings is 1. The van der Waals surface area contributed by atoms with E-state index in [1.165, 1.54) is 0 Å². The summed E-state index contributed by atoms with van der Waals surface area (Å²) in [5.41, 5.74) is 2.94. The molecular weight excluding hydrogens is 408 g/mol. The normalized spacial score (nSPS) is 18.2. The lowest BCUT2D eigenvalue weighted by Crippen LogP contribution is -2.30. The zero-order valence-corrected chi connectivity index (χ0v) is 17.8. The van der Waals surface area contributed by atoms with Crippen molar-refractivity contribution in [3.8, 4) is 5.75 Å². The number of thiocarbonyl (C=S) groups is 1. The zero-order valence-electron chi connectivity index (χ0n) is 17.0. The minimum atomic E-state index is -0.122. The van der Waals surface area contributed by atoms with Gasteiger partial charge in [0, 0.05) is 18.1 Å². The highest BCUT2D eigenvalue weighted by atomic mass is 32.1. The van der Waals surface area contributed by atoms with Gasteiger partial charge in [0.1, 0.15) is 17.6 Å². The van der Waals surface area contributed by atoms with Gasteiger partial charge in [0.05, 0.1) is 37.3 Å². The Bertz CT molecular complexity index is 1170. The molecule has 0 unspecified atom stereocenters. The van der Waals surface area contributed by atoms with Crippen molar-refractivity contribution in [2.75, 3.05) is 12.0 Å². The summed E-state index contributed by atoms with van der Waals surface area (Å²) in [5, 5.41) is 4.13. The summed E-state index contributed by atoms with van der Waals surface area (Å²) in [5.74, 6) is 1.66. The van der Waals surface area contributed by atoms with Crippen molar-refractivity contribution in [3.63, 3.8) is 0 Å². The number of anilines is 1. The highest BCUT2D eigenvalue weighted by Gasteiger charge is 2.42. The minimum Gasteiger partial charge on any atom is -0.495 e. The van der Waals surface area contributed by atoms with Crippen LogP contribution in [0.15, 0.2) is 89.8 Å². The quantitative estimate of drug-likeness (QED) is 0.447. The molecule has 4 heterocycles. The van der Waals surface area contributed by atoms with E-state index in [0.717, 1.165) is 28.6 Å². The topological polar surface area (TPSA) is 55.5 Å². The molecule has 0 amide bonds. The second kappa shape index (κ2) is 8.28. The van der Waals surface area contributed by atoms with Gasteiger partial charge in [0.2, 0.25) is 0 Å². The summed E-state index contributed by atoms with van der Waals surface area (Å²) in [7, 11) is 1.68. The van der Waals surface area contributed by atoms with E-state index in [4.69, 9.17) is 21.4 Å². The maximum atomic E-state index is 5.82. The van der Waals surface area contributed by atoms with E-state index in [0.29, 0.717) is 11.7 Å². The number of nitrogens with one attached hydrogen (secondary N) is 1. The summed E-state index contributed by atoms with van der Waals surface area (Å²) in [6.45, 7) is 0.632. The maximum absolute atomic E-state index is 5.82. The second-order valence-electron chi connectivity index (χ2n) is 7.31. The first kappa shape index (κ1) is 19.4. The van der Waals surface area contributed by atoms with Crippen LogP contribution in [-0.4, -0.2) is 21.8 Å². The number of ether oxygens (including phenoxy) is 1. The van der Waals surface area contributed by atoms with E-state index in [9.17, 15) is 0 Å². The molecule has 7 heteroatoms. The zero-order chi connectivity index (χ0) is 21.2. The molecule has 0 radical (unpaired) electrons. The molecule has 0 aliphatic carbocycles. The number of hydrogen-bond acceptors (Lipinski definition) is 4. The Hall–Kier alpha value is -3.58. The predicted octanol–water partition coefficient (Wildman–Crippen LogP) is 4.71. The van der Waals surface area contributed by atoms with E-state index in [1.54, 1.807) is 13.4 Å². The molecule has 1 aromatic carbocycles. The highest BCUT2D eigenvalue weighted by molar-refractivity contribution is 7.80. The smallest absolute Gasteiger partial charge is 0.174 e. The fourth-order valence-electron chi connectivity index (χ4n) is 4.15. The number of nitrogens with zero attached hydrogens (tertiary/aromatic N) is 3. The highest BCUT2D eigenvalue weighted by Crippen LogP contribution is 2.44. The van der Waals surface area contributed by atoms with Gasteiger partial charge in [-0.25, -0.2) is 0 Å². The average Bonchev–Trinajstić information content (AvgIpc) is 3.55. The molecule has 0 bridgehead atoms. The molecular formula is C24H22N4O2S. The fraction of sp³-hybridized carbons (Fsp3) is 0.167. The molecule has 31 heavy (non-hydrogen) atoms. The molecule has 5 rings (SSSR count). The molecule has 1 aliphatic heterocycles. The first-order valence-corrected chi connectivity index (χ1v) is 10.5. The van der Waals surface area contributed by atoms with Gasteiger partial charge >= 0.3 is 0 Å². The Morgan fingerprint density at radius 2 is 1.94 bits per heavy atom. The first-order chi connectivity index (χ1) is 15.3. The van der Waals surface area contributed by atoms with E-state index >= 15 is 0 Å². The third-order valence-electron chi connectivity index (χ3n) is 5.52. The molecule has 1 aliphatic rings. The van der Waals surface area contributed by atoms with Crippen LogP contribution in [0.3, 0.4) is 0 Å². The molecule has 0 saturated carbocycles. The van der Waals surface area contributed by atoms with Crippen molar-refractivity contribution in [3.05, 3.63) is 103 Å². The summed E-state index contributed by atoms with van der Waals surface area (Å²) >= 11 is 5.82. The Balaban J connectivity index is 1.63. The lowest BCUT2D eigenvalue weighted by atomic mass is 10.0. The molecule has 156 valence electrons. The Kier molecular flexibility index (Phi) is 5.18. The molecule has 1 fully saturated rings. The first-order valence-electron chi connectivity index (χ1n) is 10.1. The third kappa shape index (κ3) is 3.57. The van der Waals surface area contributed by atoms with Crippen LogP contribution in [0.25, 0.3) is 0 Å². The van der Waals surface area contributed by atoms with Gasteiger partial charge in [-0.3, -0.25) is 4.98 Å². The van der Waals surface area contributed by atoms with Crippen LogP contribution in [0.5, 0.6) is 5.75 Å². The van der Waals surface area contributed by atoms with Crippen molar-refractivity contribution in [1.29, 1.82) is 0 Å². The fourth-order valence-corrected chi connectivity index (χ4v) is 4.49. The summed E-state index contributed by atoms with van der Waals surface area (Å²) in [6.07, 6.45) is 5.57. The number of furan rings is 1. The van der Waals surface area contributed by atoms with Crippen LogP contribution in [0.4, 0.5) is 5.69 Å². The average molecular weight is 431 g/mol. The van der Waals surface area contributed by atoms with Gasteiger partial charge in [-0.05, 0) is 60.7 Å². The number of rotatable bonds is 6.